The minimum absolute atomic E-state index is 0.00988. The van der Waals surface area contributed by atoms with Crippen LogP contribution in [0.2, 0.25) is 0 Å². The van der Waals surface area contributed by atoms with Crippen LogP contribution in [-0.4, -0.2) is 62.4 Å². The number of nitrogens with one attached hydrogen (secondary N) is 1. The van der Waals surface area contributed by atoms with Crippen molar-refractivity contribution < 1.29 is 24.3 Å². The lowest BCUT2D eigenvalue weighted by molar-refractivity contribution is -0.141. The first-order valence-corrected chi connectivity index (χ1v) is 6.85. The lowest BCUT2D eigenvalue weighted by atomic mass is 10.2. The zero-order valence-electron chi connectivity index (χ0n) is 11.2. The second-order valence-electron chi connectivity index (χ2n) is 5.31. The van der Waals surface area contributed by atoms with Crippen molar-refractivity contribution in [3.05, 3.63) is 11.7 Å². The van der Waals surface area contributed by atoms with E-state index in [0.29, 0.717) is 5.89 Å². The molecule has 0 aliphatic carbocycles. The molecule has 1 aromatic rings. The number of β-amino-alcohol motifs (C(OH)–C–C–N with tert-alkyl or cyclic N) is 1. The van der Waals surface area contributed by atoms with E-state index in [9.17, 15) is 14.7 Å². The molecule has 0 spiro atoms. The van der Waals surface area contributed by atoms with Gasteiger partial charge in [0.2, 0.25) is 5.89 Å². The maximum Gasteiger partial charge on any atom is 0.326 e. The van der Waals surface area contributed by atoms with E-state index in [4.69, 9.17) is 9.63 Å². The second-order valence-corrected chi connectivity index (χ2v) is 5.31. The predicted molar refractivity (Wildman–Crippen MR) is 67.4 cm³/mol. The first-order valence-electron chi connectivity index (χ1n) is 6.85. The lowest BCUT2D eigenvalue weighted by Crippen LogP contribution is -2.41. The Morgan fingerprint density at radius 1 is 1.43 bits per heavy atom. The van der Waals surface area contributed by atoms with Crippen molar-refractivity contribution in [2.45, 2.75) is 37.5 Å². The number of rotatable bonds is 3. The van der Waals surface area contributed by atoms with Gasteiger partial charge in [0.15, 0.2) is 0 Å². The maximum absolute atomic E-state index is 12.3. The van der Waals surface area contributed by atoms with E-state index >= 15 is 0 Å². The van der Waals surface area contributed by atoms with Crippen LogP contribution in [0.5, 0.6) is 0 Å². The number of hydrogen-bond acceptors (Lipinski definition) is 7. The zero-order chi connectivity index (χ0) is 15.0. The average Bonchev–Trinajstić information content (AvgIpc) is 3.17. The van der Waals surface area contributed by atoms with Crippen molar-refractivity contribution in [3.63, 3.8) is 0 Å². The van der Waals surface area contributed by atoms with Crippen molar-refractivity contribution >= 4 is 11.9 Å². The molecule has 3 heterocycles. The summed E-state index contributed by atoms with van der Waals surface area (Å²) >= 11 is 0. The van der Waals surface area contributed by atoms with Crippen LogP contribution < -0.4 is 5.32 Å². The smallest absolute Gasteiger partial charge is 0.326 e. The van der Waals surface area contributed by atoms with Gasteiger partial charge >= 0.3 is 5.97 Å². The molecule has 2 aliphatic rings. The molecule has 3 rings (SSSR count). The fourth-order valence-electron chi connectivity index (χ4n) is 2.76. The molecule has 0 saturated carbocycles. The Labute approximate surface area is 119 Å². The van der Waals surface area contributed by atoms with Gasteiger partial charge in [0, 0.05) is 13.0 Å². The average molecular weight is 296 g/mol. The van der Waals surface area contributed by atoms with E-state index in [0.717, 1.165) is 24.3 Å². The summed E-state index contributed by atoms with van der Waals surface area (Å²) in [5.74, 6) is -1.62. The predicted octanol–water partition coefficient (Wildman–Crippen LogP) is -0.846. The lowest BCUT2D eigenvalue weighted by Gasteiger charge is -2.18. The van der Waals surface area contributed by atoms with Gasteiger partial charge in [0.05, 0.1) is 12.1 Å². The van der Waals surface area contributed by atoms with Gasteiger partial charge in [-0.2, -0.15) is 4.98 Å². The summed E-state index contributed by atoms with van der Waals surface area (Å²) in [5.41, 5.74) is 0. The summed E-state index contributed by atoms with van der Waals surface area (Å²) in [6.45, 7) is 0.817. The molecule has 2 fully saturated rings. The Hall–Kier alpha value is -2.00. The first kappa shape index (κ1) is 14.0. The normalized spacial score (nSPS) is 29.0. The quantitative estimate of drug-likeness (QED) is 0.658. The highest BCUT2D eigenvalue weighted by Gasteiger charge is 2.41. The topological polar surface area (TPSA) is 129 Å². The van der Waals surface area contributed by atoms with Crippen LogP contribution in [0.15, 0.2) is 4.52 Å². The monoisotopic (exact) mass is 296 g/mol. The number of carbonyl (C=O) groups excluding carboxylic acids is 1. The van der Waals surface area contributed by atoms with Crippen LogP contribution in [0.4, 0.5) is 0 Å². The molecule has 21 heavy (non-hydrogen) atoms. The van der Waals surface area contributed by atoms with Gasteiger partial charge < -0.3 is 25.0 Å². The molecule has 9 nitrogen and oxygen atoms in total. The van der Waals surface area contributed by atoms with Gasteiger partial charge in [-0.15, -0.1) is 0 Å². The second kappa shape index (κ2) is 5.41. The summed E-state index contributed by atoms with van der Waals surface area (Å²) in [4.78, 5) is 28.5. The number of aliphatic carboxylic acids is 1. The van der Waals surface area contributed by atoms with E-state index in [1.807, 2.05) is 0 Å². The van der Waals surface area contributed by atoms with Gasteiger partial charge in [-0.05, 0) is 19.4 Å². The van der Waals surface area contributed by atoms with Crippen molar-refractivity contribution in [2.75, 3.05) is 13.1 Å². The number of carboxylic acid groups (broad SMARTS) is 1. The zero-order valence-corrected chi connectivity index (χ0v) is 11.2. The van der Waals surface area contributed by atoms with Gasteiger partial charge in [-0.3, -0.25) is 4.79 Å². The van der Waals surface area contributed by atoms with Crippen molar-refractivity contribution in [3.8, 4) is 0 Å². The molecule has 1 amide bonds. The van der Waals surface area contributed by atoms with Crippen molar-refractivity contribution in [2.24, 2.45) is 0 Å². The van der Waals surface area contributed by atoms with E-state index in [2.05, 4.69) is 15.5 Å². The molecule has 0 radical (unpaired) electrons. The largest absolute Gasteiger partial charge is 0.480 e. The fourth-order valence-corrected chi connectivity index (χ4v) is 2.76. The molecule has 3 atom stereocenters. The minimum Gasteiger partial charge on any atom is -0.480 e. The molecule has 9 heteroatoms. The van der Waals surface area contributed by atoms with E-state index < -0.39 is 24.0 Å². The number of aliphatic hydroxyl groups excluding tert-OH is 1. The highest BCUT2D eigenvalue weighted by molar-refractivity contribution is 5.93. The highest BCUT2D eigenvalue weighted by Crippen LogP contribution is 2.23. The third-order valence-electron chi connectivity index (χ3n) is 3.82. The molecular formula is C12H16N4O5. The number of aliphatic hydroxyl groups is 1. The Kier molecular flexibility index (Phi) is 3.60. The maximum atomic E-state index is 12.3. The number of aromatic nitrogens is 2. The van der Waals surface area contributed by atoms with Gasteiger partial charge in [0.25, 0.3) is 11.7 Å². The molecular weight excluding hydrogens is 280 g/mol. The molecule has 2 aliphatic heterocycles. The Morgan fingerprint density at radius 3 is 2.90 bits per heavy atom. The third kappa shape index (κ3) is 2.61. The van der Waals surface area contributed by atoms with Crippen LogP contribution >= 0.6 is 0 Å². The van der Waals surface area contributed by atoms with E-state index in [-0.39, 0.29) is 24.8 Å². The standard InChI is InChI=1S/C12H16N4O5/c17-6-4-8(12(19)20)16(5-6)11(18)9-14-10(21-15-9)7-2-1-3-13-7/h6-8,13,17H,1-5H2,(H,19,20)/t6-,7?,8-/m1/s1. The van der Waals surface area contributed by atoms with E-state index in [1.54, 1.807) is 0 Å². The molecule has 1 unspecified atom stereocenters. The minimum atomic E-state index is -1.15. The Balaban J connectivity index is 1.76. The number of amides is 1. The molecule has 114 valence electrons. The number of likely N-dealkylation sites (tertiary alicyclic amines) is 1. The van der Waals surface area contributed by atoms with Crippen molar-refractivity contribution in [1.82, 2.24) is 20.4 Å². The number of carboxylic acids is 1. The molecule has 3 N–H and O–H groups in total. The van der Waals surface area contributed by atoms with E-state index in [1.165, 1.54) is 0 Å². The molecule has 1 aromatic heterocycles. The van der Waals surface area contributed by atoms with Gasteiger partial charge in [-0.1, -0.05) is 5.16 Å². The highest BCUT2D eigenvalue weighted by atomic mass is 16.5. The summed E-state index contributed by atoms with van der Waals surface area (Å²) in [6, 6.07) is -1.11. The van der Waals surface area contributed by atoms with Gasteiger partial charge in [-0.25, -0.2) is 4.79 Å². The summed E-state index contributed by atoms with van der Waals surface area (Å²) in [5, 5.41) is 25.5. The number of carbonyl (C=O) groups is 2. The van der Waals surface area contributed by atoms with Crippen LogP contribution in [0.25, 0.3) is 0 Å². The Morgan fingerprint density at radius 2 is 2.24 bits per heavy atom. The summed E-state index contributed by atoms with van der Waals surface area (Å²) in [6.07, 6.45) is 1.01. The molecule has 2 saturated heterocycles. The summed E-state index contributed by atoms with van der Waals surface area (Å²) in [7, 11) is 0. The SMILES string of the molecule is O=C(O)[C@H]1C[C@@H](O)CN1C(=O)c1noc(C2CCCN2)n1. The van der Waals surface area contributed by atoms with Crippen LogP contribution in [0, 0.1) is 0 Å². The van der Waals surface area contributed by atoms with Gasteiger partial charge in [0.1, 0.15) is 6.04 Å². The third-order valence-corrected chi connectivity index (χ3v) is 3.82. The number of hydrogen-bond donors (Lipinski definition) is 3. The molecule has 0 bridgehead atoms. The van der Waals surface area contributed by atoms with Crippen LogP contribution in [-0.2, 0) is 4.79 Å². The summed E-state index contributed by atoms with van der Waals surface area (Å²) < 4.78 is 5.07. The Bertz CT molecular complexity index is 554. The first-order chi connectivity index (χ1) is 10.1. The van der Waals surface area contributed by atoms with Crippen LogP contribution in [0.3, 0.4) is 0 Å². The molecule has 0 aromatic carbocycles. The fraction of sp³-hybridized carbons (Fsp3) is 0.667. The number of nitrogens with zero attached hydrogens (tertiary/aromatic N) is 3. The van der Waals surface area contributed by atoms with Crippen molar-refractivity contribution in [1.29, 1.82) is 0 Å². The van der Waals surface area contributed by atoms with Crippen LogP contribution in [0.1, 0.15) is 41.8 Å².